The number of benzene rings is 2. The highest BCUT2D eigenvalue weighted by Gasteiger charge is 2.28. The Bertz CT molecular complexity index is 820. The highest BCUT2D eigenvalue weighted by atomic mass is 16.5. The van der Waals surface area contributed by atoms with Crippen molar-refractivity contribution in [1.82, 2.24) is 0 Å². The minimum atomic E-state index is -0.325. The molecular formula is C25H35NO3. The molecule has 0 heterocycles. The topological polar surface area (TPSA) is 38.8 Å². The van der Waals surface area contributed by atoms with Gasteiger partial charge in [-0.15, -0.1) is 0 Å². The van der Waals surface area contributed by atoms with E-state index in [-0.39, 0.29) is 16.8 Å². The number of methoxy groups -OCH3 is 2. The fourth-order valence-electron chi connectivity index (χ4n) is 3.51. The zero-order valence-corrected chi connectivity index (χ0v) is 19.3. The van der Waals surface area contributed by atoms with E-state index < -0.39 is 0 Å². The average Bonchev–Trinajstić information content (AvgIpc) is 2.66. The van der Waals surface area contributed by atoms with Gasteiger partial charge in [0, 0.05) is 29.0 Å². The molecule has 2 aromatic rings. The number of esters is 1. The van der Waals surface area contributed by atoms with E-state index in [0.717, 1.165) is 23.7 Å². The van der Waals surface area contributed by atoms with Crippen molar-refractivity contribution in [2.75, 3.05) is 25.7 Å². The maximum absolute atomic E-state index is 11.8. The summed E-state index contributed by atoms with van der Waals surface area (Å²) < 4.78 is 10.7. The Kier molecular flexibility index (Phi) is 6.67. The van der Waals surface area contributed by atoms with Crippen LogP contribution in [0.15, 0.2) is 36.4 Å². The number of carbonyl (C=O) groups is 1. The van der Waals surface area contributed by atoms with Gasteiger partial charge in [0.05, 0.1) is 19.8 Å². The molecule has 4 heteroatoms. The Hall–Kier alpha value is -2.49. The molecule has 29 heavy (non-hydrogen) atoms. The number of hydrogen-bond acceptors (Lipinski definition) is 4. The molecule has 0 bridgehead atoms. The predicted molar refractivity (Wildman–Crippen MR) is 121 cm³/mol. The van der Waals surface area contributed by atoms with Crippen LogP contribution < -0.4 is 9.64 Å². The molecule has 0 fully saturated rings. The predicted octanol–water partition coefficient (Wildman–Crippen LogP) is 6.23. The van der Waals surface area contributed by atoms with E-state index in [1.165, 1.54) is 18.2 Å². The van der Waals surface area contributed by atoms with Crippen LogP contribution in [0.1, 0.15) is 70.0 Å². The first kappa shape index (κ1) is 22.8. The second kappa shape index (κ2) is 8.48. The van der Waals surface area contributed by atoms with Crippen LogP contribution in [0.5, 0.6) is 5.75 Å². The van der Waals surface area contributed by atoms with Crippen LogP contribution >= 0.6 is 0 Å². The molecule has 0 saturated carbocycles. The summed E-state index contributed by atoms with van der Waals surface area (Å²) >= 11 is 0. The van der Waals surface area contributed by atoms with Gasteiger partial charge in [-0.25, -0.2) is 4.79 Å². The standard InChI is InChI=1S/C25H35NO3/c1-10-26(18-13-11-17(12-14-18)23(27)29-9)19-15-20(24(2,3)4)22(28-8)21(16-19)25(5,6)7/h11-16H,10H2,1-9H3. The van der Waals surface area contributed by atoms with Crippen LogP contribution in [-0.4, -0.2) is 26.7 Å². The maximum Gasteiger partial charge on any atom is 0.337 e. The van der Waals surface area contributed by atoms with Crippen molar-refractivity contribution in [2.45, 2.75) is 59.3 Å². The number of nitrogens with zero attached hydrogens (tertiary/aromatic N) is 1. The normalized spacial score (nSPS) is 11.9. The summed E-state index contributed by atoms with van der Waals surface area (Å²) in [7, 11) is 3.15. The Balaban J connectivity index is 2.66. The summed E-state index contributed by atoms with van der Waals surface area (Å²) in [5, 5.41) is 0. The van der Waals surface area contributed by atoms with Gasteiger partial charge >= 0.3 is 5.97 Å². The second-order valence-corrected chi connectivity index (χ2v) is 9.36. The number of hydrogen-bond donors (Lipinski definition) is 0. The van der Waals surface area contributed by atoms with Gasteiger partial charge < -0.3 is 14.4 Å². The van der Waals surface area contributed by atoms with Crippen molar-refractivity contribution in [2.24, 2.45) is 0 Å². The van der Waals surface area contributed by atoms with Gasteiger partial charge in [0.1, 0.15) is 5.75 Å². The highest BCUT2D eigenvalue weighted by molar-refractivity contribution is 5.89. The van der Waals surface area contributed by atoms with Gasteiger partial charge in [-0.05, 0) is 54.2 Å². The molecule has 0 amide bonds. The Morgan fingerprint density at radius 2 is 1.34 bits per heavy atom. The number of ether oxygens (including phenoxy) is 2. The third-order valence-corrected chi connectivity index (χ3v) is 5.12. The van der Waals surface area contributed by atoms with Crippen molar-refractivity contribution in [3.05, 3.63) is 53.1 Å². The van der Waals surface area contributed by atoms with E-state index in [4.69, 9.17) is 9.47 Å². The summed E-state index contributed by atoms with van der Waals surface area (Å²) in [5.41, 5.74) is 4.95. The molecule has 2 aromatic carbocycles. The molecule has 4 nitrogen and oxygen atoms in total. The van der Waals surface area contributed by atoms with E-state index in [1.807, 2.05) is 24.3 Å². The summed E-state index contributed by atoms with van der Waals surface area (Å²) in [6.45, 7) is 16.2. The van der Waals surface area contributed by atoms with Gasteiger partial charge in [0.15, 0.2) is 0 Å². The molecule has 0 radical (unpaired) electrons. The fraction of sp³-hybridized carbons (Fsp3) is 0.480. The molecule has 0 N–H and O–H groups in total. The van der Waals surface area contributed by atoms with Crippen molar-refractivity contribution in [3.63, 3.8) is 0 Å². The summed E-state index contributed by atoms with van der Waals surface area (Å²) in [6, 6.07) is 12.0. The molecule has 158 valence electrons. The summed E-state index contributed by atoms with van der Waals surface area (Å²) in [5.74, 6) is 0.639. The Labute approximate surface area is 175 Å². The molecule has 2 rings (SSSR count). The van der Waals surface area contributed by atoms with Gasteiger partial charge in [0.25, 0.3) is 0 Å². The molecule has 0 aromatic heterocycles. The van der Waals surface area contributed by atoms with Gasteiger partial charge in [-0.3, -0.25) is 0 Å². The molecule has 0 aliphatic carbocycles. The zero-order valence-electron chi connectivity index (χ0n) is 19.3. The minimum Gasteiger partial charge on any atom is -0.496 e. The number of anilines is 2. The third-order valence-electron chi connectivity index (χ3n) is 5.12. The largest absolute Gasteiger partial charge is 0.496 e. The van der Waals surface area contributed by atoms with E-state index in [1.54, 1.807) is 7.11 Å². The van der Waals surface area contributed by atoms with Crippen LogP contribution in [0, 0.1) is 0 Å². The van der Waals surface area contributed by atoms with E-state index in [2.05, 4.69) is 65.5 Å². The Morgan fingerprint density at radius 3 is 1.69 bits per heavy atom. The van der Waals surface area contributed by atoms with Crippen LogP contribution in [0.2, 0.25) is 0 Å². The van der Waals surface area contributed by atoms with Crippen molar-refractivity contribution >= 4 is 17.3 Å². The molecule has 0 spiro atoms. The summed E-state index contributed by atoms with van der Waals surface area (Å²) in [4.78, 5) is 14.0. The first-order valence-electron chi connectivity index (χ1n) is 10.1. The fourth-order valence-corrected chi connectivity index (χ4v) is 3.51. The van der Waals surface area contributed by atoms with Crippen molar-refractivity contribution < 1.29 is 14.3 Å². The van der Waals surface area contributed by atoms with Crippen molar-refractivity contribution in [3.8, 4) is 5.75 Å². The quantitative estimate of drug-likeness (QED) is 0.560. The first-order chi connectivity index (χ1) is 13.4. The number of rotatable bonds is 5. The summed E-state index contributed by atoms with van der Waals surface area (Å²) in [6.07, 6.45) is 0. The van der Waals surface area contributed by atoms with Gasteiger partial charge in [-0.1, -0.05) is 41.5 Å². The third kappa shape index (κ3) is 4.92. The SMILES string of the molecule is CCN(c1ccc(C(=O)OC)cc1)c1cc(C(C)(C)C)c(OC)c(C(C)(C)C)c1. The van der Waals surface area contributed by atoms with Crippen LogP contribution in [0.25, 0.3) is 0 Å². The van der Waals surface area contributed by atoms with E-state index in [0.29, 0.717) is 5.56 Å². The molecular weight excluding hydrogens is 362 g/mol. The Morgan fingerprint density at radius 1 is 0.862 bits per heavy atom. The number of carbonyl (C=O) groups excluding carboxylic acids is 1. The monoisotopic (exact) mass is 397 g/mol. The molecule has 0 aliphatic rings. The first-order valence-corrected chi connectivity index (χ1v) is 10.1. The van der Waals surface area contributed by atoms with Crippen molar-refractivity contribution in [1.29, 1.82) is 0 Å². The highest BCUT2D eigenvalue weighted by Crippen LogP contribution is 2.43. The van der Waals surface area contributed by atoms with Crippen LogP contribution in [0.3, 0.4) is 0 Å². The molecule has 0 saturated heterocycles. The van der Waals surface area contributed by atoms with Crippen LogP contribution in [0.4, 0.5) is 11.4 Å². The van der Waals surface area contributed by atoms with Gasteiger partial charge in [-0.2, -0.15) is 0 Å². The smallest absolute Gasteiger partial charge is 0.337 e. The van der Waals surface area contributed by atoms with Crippen LogP contribution in [-0.2, 0) is 15.6 Å². The molecule has 0 unspecified atom stereocenters. The second-order valence-electron chi connectivity index (χ2n) is 9.36. The zero-order chi connectivity index (χ0) is 22.0. The minimum absolute atomic E-state index is 0.0600. The lowest BCUT2D eigenvalue weighted by molar-refractivity contribution is 0.0600. The lowest BCUT2D eigenvalue weighted by Crippen LogP contribution is -2.22. The van der Waals surface area contributed by atoms with E-state index >= 15 is 0 Å². The van der Waals surface area contributed by atoms with E-state index in [9.17, 15) is 4.79 Å². The van der Waals surface area contributed by atoms with Gasteiger partial charge in [0.2, 0.25) is 0 Å². The maximum atomic E-state index is 11.8. The molecule has 0 aliphatic heterocycles. The average molecular weight is 398 g/mol. The molecule has 0 atom stereocenters. The lowest BCUT2D eigenvalue weighted by Gasteiger charge is -2.33. The lowest BCUT2D eigenvalue weighted by atomic mass is 9.79.